The fourth-order valence-corrected chi connectivity index (χ4v) is 6.26. The fraction of sp³-hybridized carbons (Fsp3) is 0.0690. The summed E-state index contributed by atoms with van der Waals surface area (Å²) in [5, 5.41) is 4.99. The van der Waals surface area contributed by atoms with E-state index in [4.69, 9.17) is 0 Å². The maximum Gasteiger partial charge on any atom is 0.260 e. The number of thioether (sulfide) groups is 1. The second-order valence-electron chi connectivity index (χ2n) is 8.78. The summed E-state index contributed by atoms with van der Waals surface area (Å²) in [7, 11) is 0. The second-order valence-corrected chi connectivity index (χ2v) is 11.0. The predicted octanol–water partition coefficient (Wildman–Crippen LogP) is 5.55. The normalized spacial score (nSPS) is 13.2. The number of rotatable bonds is 5. The van der Waals surface area contributed by atoms with E-state index in [9.17, 15) is 19.2 Å². The Hall–Kier alpha value is -4.34. The minimum atomic E-state index is -0.599. The molecule has 0 saturated carbocycles. The van der Waals surface area contributed by atoms with Crippen LogP contribution >= 0.6 is 23.1 Å². The lowest BCUT2D eigenvalue weighted by atomic mass is 9.84. The summed E-state index contributed by atoms with van der Waals surface area (Å²) >= 11 is 2.51. The molecule has 9 heteroatoms. The monoisotopic (exact) mass is 537 g/mol. The molecule has 0 bridgehead atoms. The smallest absolute Gasteiger partial charge is 0.260 e. The highest BCUT2D eigenvalue weighted by atomic mass is 32.2. The summed E-state index contributed by atoms with van der Waals surface area (Å²) in [6.07, 6.45) is 0. The molecule has 2 aromatic heterocycles. The summed E-state index contributed by atoms with van der Waals surface area (Å²) in [5.74, 6) is -0.801. The van der Waals surface area contributed by atoms with Gasteiger partial charge in [0.1, 0.15) is 4.83 Å². The highest BCUT2D eigenvalue weighted by molar-refractivity contribution is 8.00. The molecule has 186 valence electrons. The van der Waals surface area contributed by atoms with Gasteiger partial charge in [-0.3, -0.25) is 19.2 Å². The third-order valence-corrected chi connectivity index (χ3v) is 8.21. The van der Waals surface area contributed by atoms with E-state index in [0.717, 1.165) is 22.9 Å². The molecule has 0 fully saturated rings. The van der Waals surface area contributed by atoms with Crippen LogP contribution in [-0.4, -0.2) is 32.7 Å². The summed E-state index contributed by atoms with van der Waals surface area (Å²) in [5.41, 5.74) is 3.22. The van der Waals surface area contributed by atoms with Crippen molar-refractivity contribution in [3.63, 3.8) is 0 Å². The summed E-state index contributed by atoms with van der Waals surface area (Å²) in [6, 6.07) is 21.1. The number of fused-ring (bicyclic) bond motifs is 3. The molecule has 0 aliphatic heterocycles. The predicted molar refractivity (Wildman–Crippen MR) is 149 cm³/mol. The lowest BCUT2D eigenvalue weighted by Crippen LogP contribution is -2.24. The first kappa shape index (κ1) is 24.0. The number of aromatic nitrogens is 2. The van der Waals surface area contributed by atoms with Crippen molar-refractivity contribution < 1.29 is 14.4 Å². The number of hydrogen-bond acceptors (Lipinski definition) is 7. The Morgan fingerprint density at radius 1 is 0.868 bits per heavy atom. The minimum Gasteiger partial charge on any atom is -0.325 e. The van der Waals surface area contributed by atoms with Crippen molar-refractivity contribution in [3.05, 3.63) is 111 Å². The van der Waals surface area contributed by atoms with E-state index in [0.29, 0.717) is 37.8 Å². The van der Waals surface area contributed by atoms with Gasteiger partial charge in [0.25, 0.3) is 5.56 Å². The van der Waals surface area contributed by atoms with Crippen LogP contribution < -0.4 is 10.9 Å². The number of H-pyrrole nitrogens is 1. The van der Waals surface area contributed by atoms with Crippen LogP contribution in [0.1, 0.15) is 38.8 Å². The van der Waals surface area contributed by atoms with Gasteiger partial charge in [0.2, 0.25) is 5.91 Å². The molecule has 0 spiro atoms. The first-order valence-electron chi connectivity index (χ1n) is 11.8. The first-order valence-corrected chi connectivity index (χ1v) is 13.5. The quantitative estimate of drug-likeness (QED) is 0.221. The zero-order valence-electron chi connectivity index (χ0n) is 20.0. The zero-order valence-corrected chi connectivity index (χ0v) is 21.6. The Bertz CT molecular complexity index is 1830. The summed E-state index contributed by atoms with van der Waals surface area (Å²) in [6.45, 7) is 1.71. The van der Waals surface area contributed by atoms with Gasteiger partial charge in [0, 0.05) is 38.9 Å². The van der Waals surface area contributed by atoms with Crippen LogP contribution in [0.4, 0.5) is 5.69 Å². The van der Waals surface area contributed by atoms with Crippen molar-refractivity contribution in [3.8, 4) is 11.1 Å². The van der Waals surface area contributed by atoms with E-state index in [-0.39, 0.29) is 28.6 Å². The number of thiophene rings is 1. The first-order chi connectivity index (χ1) is 18.4. The molecular formula is C29H19N3O4S2. The molecule has 5 aromatic rings. The van der Waals surface area contributed by atoms with Gasteiger partial charge in [0.05, 0.1) is 10.6 Å². The van der Waals surface area contributed by atoms with Crippen molar-refractivity contribution in [2.24, 2.45) is 0 Å². The molecule has 1 amide bonds. The van der Waals surface area contributed by atoms with E-state index in [1.54, 1.807) is 43.3 Å². The lowest BCUT2D eigenvalue weighted by molar-refractivity contribution is -0.115. The third kappa shape index (κ3) is 4.15. The van der Waals surface area contributed by atoms with Crippen LogP contribution in [0.3, 0.4) is 0 Å². The van der Waals surface area contributed by atoms with Crippen molar-refractivity contribution in [2.45, 2.75) is 17.3 Å². The number of nitrogens with one attached hydrogen (secondary N) is 2. The lowest BCUT2D eigenvalue weighted by Gasteiger charge is -2.18. The number of aromatic amines is 1. The maximum absolute atomic E-state index is 13.0. The molecule has 1 aliphatic carbocycles. The molecule has 1 atom stereocenters. The molecular weight excluding hydrogens is 518 g/mol. The number of anilines is 1. The van der Waals surface area contributed by atoms with E-state index in [1.807, 2.05) is 35.7 Å². The zero-order chi connectivity index (χ0) is 26.4. The maximum atomic E-state index is 13.0. The number of carbonyl (C=O) groups excluding carboxylic acids is 3. The molecule has 1 aliphatic rings. The van der Waals surface area contributed by atoms with Crippen LogP contribution in [0, 0.1) is 0 Å². The van der Waals surface area contributed by atoms with Crippen LogP contribution in [0.25, 0.3) is 21.3 Å². The van der Waals surface area contributed by atoms with Gasteiger partial charge in [-0.2, -0.15) is 0 Å². The average Bonchev–Trinajstić information content (AvgIpc) is 3.37. The van der Waals surface area contributed by atoms with E-state index in [2.05, 4.69) is 15.3 Å². The molecule has 7 nitrogen and oxygen atoms in total. The van der Waals surface area contributed by atoms with Crippen LogP contribution in [0.15, 0.2) is 88.1 Å². The Kier molecular flexibility index (Phi) is 6.01. The summed E-state index contributed by atoms with van der Waals surface area (Å²) < 4.78 is 0. The van der Waals surface area contributed by atoms with Gasteiger partial charge in [-0.1, -0.05) is 66.4 Å². The topological polar surface area (TPSA) is 109 Å². The largest absolute Gasteiger partial charge is 0.325 e. The fourth-order valence-electron chi connectivity index (χ4n) is 4.46. The highest BCUT2D eigenvalue weighted by Crippen LogP contribution is 2.33. The van der Waals surface area contributed by atoms with Crippen molar-refractivity contribution in [2.75, 3.05) is 5.32 Å². The van der Waals surface area contributed by atoms with Gasteiger partial charge >= 0.3 is 0 Å². The van der Waals surface area contributed by atoms with E-state index < -0.39 is 5.25 Å². The number of ketones is 2. The molecule has 3 aromatic carbocycles. The highest BCUT2D eigenvalue weighted by Gasteiger charge is 2.29. The van der Waals surface area contributed by atoms with Gasteiger partial charge in [-0.15, -0.1) is 11.3 Å². The number of amides is 1. The van der Waals surface area contributed by atoms with Crippen molar-refractivity contribution in [1.29, 1.82) is 0 Å². The Morgan fingerprint density at radius 2 is 1.53 bits per heavy atom. The number of nitrogens with zero attached hydrogens (tertiary/aromatic N) is 1. The molecule has 6 rings (SSSR count). The molecule has 2 N–H and O–H groups in total. The Balaban J connectivity index is 1.21. The van der Waals surface area contributed by atoms with E-state index >= 15 is 0 Å². The Morgan fingerprint density at radius 3 is 2.26 bits per heavy atom. The van der Waals surface area contributed by atoms with E-state index in [1.165, 1.54) is 17.4 Å². The SMILES string of the molecule is C[C@H](Sc1nc2scc(-c3ccccc3)c2c(=O)[nH]1)C(=O)Nc1ccc2c(c1)C(=O)c1ccccc1C2=O. The third-order valence-electron chi connectivity index (χ3n) is 6.36. The number of benzene rings is 3. The number of carbonyl (C=O) groups is 3. The second kappa shape index (κ2) is 9.51. The molecule has 0 saturated heterocycles. The number of hydrogen-bond donors (Lipinski definition) is 2. The van der Waals surface area contributed by atoms with Crippen molar-refractivity contribution >= 4 is 56.5 Å². The van der Waals surface area contributed by atoms with Gasteiger partial charge < -0.3 is 10.3 Å². The molecule has 0 radical (unpaired) electrons. The van der Waals surface area contributed by atoms with Crippen LogP contribution in [-0.2, 0) is 4.79 Å². The van der Waals surface area contributed by atoms with Gasteiger partial charge in [0.15, 0.2) is 16.7 Å². The molecule has 38 heavy (non-hydrogen) atoms. The van der Waals surface area contributed by atoms with Crippen LogP contribution in [0.2, 0.25) is 0 Å². The van der Waals surface area contributed by atoms with Crippen molar-refractivity contribution in [1.82, 2.24) is 9.97 Å². The Labute approximate surface area is 225 Å². The standard InChI is InChI=1S/C29H19N3O4S2/c1-15(38-29-31-27(36)23-22(14-37-28(23)32-29)16-7-3-2-4-8-16)26(35)30-17-11-12-20-21(13-17)25(34)19-10-6-5-9-18(19)24(20)33/h2-15H,1H3,(H,30,35)(H,31,32,36)/t15-/m0/s1. The van der Waals surface area contributed by atoms with Gasteiger partial charge in [-0.25, -0.2) is 4.98 Å². The minimum absolute atomic E-state index is 0.216. The molecule has 0 unspecified atom stereocenters. The molecule has 2 heterocycles. The van der Waals surface area contributed by atoms with Gasteiger partial charge in [-0.05, 0) is 30.7 Å². The summed E-state index contributed by atoms with van der Waals surface area (Å²) in [4.78, 5) is 59.7. The average molecular weight is 538 g/mol. The van der Waals surface area contributed by atoms with Crippen LogP contribution in [0.5, 0.6) is 0 Å².